The summed E-state index contributed by atoms with van der Waals surface area (Å²) in [4.78, 5) is 26.1. The van der Waals surface area contributed by atoms with Gasteiger partial charge in [0.25, 0.3) is 0 Å². The molecule has 0 atom stereocenters. The molecule has 0 unspecified atom stereocenters. The lowest BCUT2D eigenvalue weighted by Crippen LogP contribution is -2.29. The number of rotatable bonds is 8. The first-order valence-electron chi connectivity index (χ1n) is 12.0. The van der Waals surface area contributed by atoms with E-state index in [1.165, 1.54) is 5.56 Å². The van der Waals surface area contributed by atoms with Crippen LogP contribution in [-0.4, -0.2) is 37.3 Å². The molecule has 0 aliphatic heterocycles. The van der Waals surface area contributed by atoms with Crippen LogP contribution in [0.1, 0.15) is 24.1 Å². The van der Waals surface area contributed by atoms with Crippen LogP contribution in [0.3, 0.4) is 0 Å². The van der Waals surface area contributed by atoms with Gasteiger partial charge in [-0.1, -0.05) is 48.5 Å². The van der Waals surface area contributed by atoms with Gasteiger partial charge in [0.05, 0.1) is 29.5 Å². The molecular formula is C28H27N7O. The number of carbonyl (C=O) groups excluding carboxylic acids is 1. The second-order valence-corrected chi connectivity index (χ2v) is 8.51. The molecule has 0 bridgehead atoms. The Morgan fingerprint density at radius 2 is 1.67 bits per heavy atom. The average Bonchev–Trinajstić information content (AvgIpc) is 3.30. The van der Waals surface area contributed by atoms with Crippen LogP contribution in [0.15, 0.2) is 85.2 Å². The number of pyridine rings is 1. The second kappa shape index (κ2) is 10.8. The van der Waals surface area contributed by atoms with E-state index in [0.717, 1.165) is 36.2 Å². The normalized spacial score (nSPS) is 10.9. The number of nitrogens with one attached hydrogen (secondary N) is 2. The molecule has 180 valence electrons. The summed E-state index contributed by atoms with van der Waals surface area (Å²) >= 11 is 0. The number of amides is 2. The van der Waals surface area contributed by atoms with E-state index >= 15 is 0 Å². The van der Waals surface area contributed by atoms with Gasteiger partial charge in [-0.15, -0.1) is 0 Å². The Bertz CT molecular complexity index is 1470. The Labute approximate surface area is 209 Å². The molecule has 0 spiro atoms. The molecule has 2 amide bonds. The maximum atomic E-state index is 12.3. The summed E-state index contributed by atoms with van der Waals surface area (Å²) in [6.45, 7) is 2.59. The minimum absolute atomic E-state index is 0.286. The maximum Gasteiger partial charge on any atom is 0.320 e. The Hall–Kier alpha value is -4.59. The topological polar surface area (TPSA) is 97.6 Å². The standard InChI is InChI=1S/C28H27N7O/c1-20-23(18-31-35(20)22-13-6-3-7-14-22)25-19-30-24-15-16-26(33-27(24)32-25)34-28(36)29-17-9-8-12-21-10-4-2-5-11-21/h2-7,10-11,13-16,18-19H,8-9,12,17H2,1H3,(H2,29,32,33,34,36). The van der Waals surface area contributed by atoms with E-state index in [0.29, 0.717) is 29.2 Å². The first-order valence-corrected chi connectivity index (χ1v) is 12.0. The largest absolute Gasteiger partial charge is 0.338 e. The zero-order chi connectivity index (χ0) is 24.7. The summed E-state index contributed by atoms with van der Waals surface area (Å²) in [5, 5.41) is 10.2. The Morgan fingerprint density at radius 3 is 2.47 bits per heavy atom. The van der Waals surface area contributed by atoms with E-state index in [4.69, 9.17) is 4.98 Å². The van der Waals surface area contributed by atoms with E-state index < -0.39 is 0 Å². The summed E-state index contributed by atoms with van der Waals surface area (Å²) < 4.78 is 1.87. The quantitative estimate of drug-likeness (QED) is 0.294. The molecule has 3 aromatic heterocycles. The number of para-hydroxylation sites is 1. The molecular weight excluding hydrogens is 450 g/mol. The van der Waals surface area contributed by atoms with E-state index in [-0.39, 0.29) is 6.03 Å². The molecule has 36 heavy (non-hydrogen) atoms. The highest BCUT2D eigenvalue weighted by Crippen LogP contribution is 2.24. The van der Waals surface area contributed by atoms with Gasteiger partial charge in [0, 0.05) is 12.1 Å². The van der Waals surface area contributed by atoms with Crippen molar-refractivity contribution in [1.82, 2.24) is 30.0 Å². The van der Waals surface area contributed by atoms with Gasteiger partial charge in [0.2, 0.25) is 0 Å². The number of fused-ring (bicyclic) bond motifs is 1. The van der Waals surface area contributed by atoms with Crippen LogP contribution in [-0.2, 0) is 6.42 Å². The van der Waals surface area contributed by atoms with Gasteiger partial charge in [-0.05, 0) is 56.0 Å². The number of hydrogen-bond acceptors (Lipinski definition) is 5. The lowest BCUT2D eigenvalue weighted by molar-refractivity contribution is 0.252. The molecule has 5 aromatic rings. The second-order valence-electron chi connectivity index (χ2n) is 8.51. The molecule has 8 nitrogen and oxygen atoms in total. The molecule has 3 heterocycles. The molecule has 0 aliphatic carbocycles. The van der Waals surface area contributed by atoms with E-state index in [9.17, 15) is 4.79 Å². The van der Waals surface area contributed by atoms with Crippen molar-refractivity contribution in [2.45, 2.75) is 26.2 Å². The zero-order valence-corrected chi connectivity index (χ0v) is 20.1. The lowest BCUT2D eigenvalue weighted by atomic mass is 10.1. The molecule has 0 fully saturated rings. The first-order chi connectivity index (χ1) is 17.7. The van der Waals surface area contributed by atoms with Crippen LogP contribution in [0.4, 0.5) is 10.6 Å². The van der Waals surface area contributed by atoms with Crippen LogP contribution < -0.4 is 10.6 Å². The minimum atomic E-state index is -0.286. The van der Waals surface area contributed by atoms with Crippen LogP contribution in [0.5, 0.6) is 0 Å². The van der Waals surface area contributed by atoms with Crippen molar-refractivity contribution >= 4 is 23.0 Å². The van der Waals surface area contributed by atoms with Crippen molar-refractivity contribution in [3.8, 4) is 16.9 Å². The third kappa shape index (κ3) is 5.38. The number of aromatic nitrogens is 5. The number of hydrogen-bond donors (Lipinski definition) is 2. The van der Waals surface area contributed by atoms with Gasteiger partial charge in [0.1, 0.15) is 11.3 Å². The van der Waals surface area contributed by atoms with Gasteiger partial charge in [0.15, 0.2) is 5.65 Å². The number of benzene rings is 2. The molecule has 5 rings (SSSR count). The highest BCUT2D eigenvalue weighted by molar-refractivity contribution is 5.89. The fourth-order valence-electron chi connectivity index (χ4n) is 4.05. The monoisotopic (exact) mass is 477 g/mol. The fraction of sp³-hybridized carbons (Fsp3) is 0.179. The van der Waals surface area contributed by atoms with E-state index in [2.05, 4.69) is 37.8 Å². The number of unbranched alkanes of at least 4 members (excludes halogenated alkanes) is 1. The third-order valence-electron chi connectivity index (χ3n) is 5.96. The summed E-state index contributed by atoms with van der Waals surface area (Å²) in [5.74, 6) is 0.424. The minimum Gasteiger partial charge on any atom is -0.338 e. The highest BCUT2D eigenvalue weighted by Gasteiger charge is 2.13. The molecule has 0 saturated carbocycles. The van der Waals surface area contributed by atoms with Crippen molar-refractivity contribution in [3.63, 3.8) is 0 Å². The summed E-state index contributed by atoms with van der Waals surface area (Å²) in [6.07, 6.45) is 6.42. The summed E-state index contributed by atoms with van der Waals surface area (Å²) in [5.41, 5.74) is 5.90. The fourth-order valence-corrected chi connectivity index (χ4v) is 4.05. The van der Waals surface area contributed by atoms with Crippen molar-refractivity contribution < 1.29 is 4.79 Å². The highest BCUT2D eigenvalue weighted by atomic mass is 16.2. The number of nitrogens with zero attached hydrogens (tertiary/aromatic N) is 5. The lowest BCUT2D eigenvalue weighted by Gasteiger charge is -2.08. The first kappa shape index (κ1) is 23.2. The average molecular weight is 478 g/mol. The smallest absolute Gasteiger partial charge is 0.320 e. The maximum absolute atomic E-state index is 12.3. The zero-order valence-electron chi connectivity index (χ0n) is 20.1. The van der Waals surface area contributed by atoms with E-state index in [1.807, 2.05) is 60.1 Å². The number of urea groups is 1. The molecule has 2 N–H and O–H groups in total. The van der Waals surface area contributed by atoms with Crippen LogP contribution >= 0.6 is 0 Å². The van der Waals surface area contributed by atoms with Crippen molar-refractivity contribution in [1.29, 1.82) is 0 Å². The predicted molar refractivity (Wildman–Crippen MR) is 141 cm³/mol. The Kier molecular flexibility index (Phi) is 6.93. The van der Waals surface area contributed by atoms with Gasteiger partial charge in [-0.2, -0.15) is 5.10 Å². The predicted octanol–water partition coefficient (Wildman–Crippen LogP) is 5.33. The van der Waals surface area contributed by atoms with Crippen molar-refractivity contribution in [3.05, 3.63) is 96.4 Å². The number of aryl methyl sites for hydroxylation is 1. The molecule has 0 saturated heterocycles. The molecule has 0 aliphatic rings. The van der Waals surface area contributed by atoms with Crippen molar-refractivity contribution in [2.24, 2.45) is 0 Å². The van der Waals surface area contributed by atoms with Gasteiger partial charge < -0.3 is 5.32 Å². The summed E-state index contributed by atoms with van der Waals surface area (Å²) in [6, 6.07) is 23.5. The number of carbonyl (C=O) groups is 1. The molecule has 2 aromatic carbocycles. The SMILES string of the molecule is Cc1c(-c2cnc3ccc(NC(=O)NCCCCc4ccccc4)nc3n2)cnn1-c1ccccc1. The molecule has 8 heteroatoms. The van der Waals surface area contributed by atoms with Gasteiger partial charge in [-0.25, -0.2) is 19.4 Å². The van der Waals surface area contributed by atoms with Gasteiger partial charge in [-0.3, -0.25) is 10.3 Å². The Morgan fingerprint density at radius 1 is 0.889 bits per heavy atom. The Balaban J connectivity index is 1.22. The van der Waals surface area contributed by atoms with Crippen LogP contribution in [0.25, 0.3) is 28.1 Å². The van der Waals surface area contributed by atoms with Crippen LogP contribution in [0, 0.1) is 6.92 Å². The van der Waals surface area contributed by atoms with Gasteiger partial charge >= 0.3 is 6.03 Å². The van der Waals surface area contributed by atoms with E-state index in [1.54, 1.807) is 24.5 Å². The number of anilines is 1. The third-order valence-corrected chi connectivity index (χ3v) is 5.96. The van der Waals surface area contributed by atoms with Crippen LogP contribution in [0.2, 0.25) is 0 Å². The van der Waals surface area contributed by atoms with Crippen molar-refractivity contribution in [2.75, 3.05) is 11.9 Å². The summed E-state index contributed by atoms with van der Waals surface area (Å²) in [7, 11) is 0. The molecule has 0 radical (unpaired) electrons.